The predicted octanol–water partition coefficient (Wildman–Crippen LogP) is 4.62. The first kappa shape index (κ1) is 13.1. The highest BCUT2D eigenvalue weighted by molar-refractivity contribution is 7.71. The van der Waals surface area contributed by atoms with E-state index in [9.17, 15) is 0 Å². The zero-order valence-electron chi connectivity index (χ0n) is 11.8. The maximum absolute atomic E-state index is 5.48. The smallest absolute Gasteiger partial charge is 0.178 e. The van der Waals surface area contributed by atoms with Crippen molar-refractivity contribution in [2.24, 2.45) is 0 Å². The number of aryl methyl sites for hydroxylation is 2. The van der Waals surface area contributed by atoms with E-state index in [0.717, 1.165) is 23.3 Å². The molecule has 3 rings (SSSR count). The SMILES string of the molecule is CCc1ccccc1Cn1c(=S)[nH]c2ccc(C)cc21. The van der Waals surface area contributed by atoms with Crippen molar-refractivity contribution >= 4 is 23.3 Å². The van der Waals surface area contributed by atoms with Crippen molar-refractivity contribution in [3.63, 3.8) is 0 Å². The molecule has 2 nitrogen and oxygen atoms in total. The molecule has 0 spiro atoms. The van der Waals surface area contributed by atoms with E-state index in [1.54, 1.807) is 0 Å². The maximum Gasteiger partial charge on any atom is 0.178 e. The van der Waals surface area contributed by atoms with E-state index in [1.165, 1.54) is 22.2 Å². The Hall–Kier alpha value is -1.87. The summed E-state index contributed by atoms with van der Waals surface area (Å²) in [6.07, 6.45) is 1.05. The summed E-state index contributed by atoms with van der Waals surface area (Å²) in [7, 11) is 0. The number of aromatic nitrogens is 2. The standard InChI is InChI=1S/C17H18N2S/c1-3-13-6-4-5-7-14(13)11-19-16-10-12(2)8-9-15(16)18-17(19)20/h4-10H,3,11H2,1-2H3,(H,18,20). The molecule has 0 bridgehead atoms. The van der Waals surface area contributed by atoms with Gasteiger partial charge in [-0.25, -0.2) is 0 Å². The van der Waals surface area contributed by atoms with E-state index in [0.29, 0.717) is 0 Å². The minimum absolute atomic E-state index is 0.788. The molecule has 1 aromatic heterocycles. The second-order valence-corrected chi connectivity index (χ2v) is 5.55. The lowest BCUT2D eigenvalue weighted by Gasteiger charge is -2.09. The molecule has 3 aromatic rings. The fourth-order valence-corrected chi connectivity index (χ4v) is 2.92. The normalized spacial score (nSPS) is 11.1. The summed E-state index contributed by atoms with van der Waals surface area (Å²) in [4.78, 5) is 3.29. The number of imidazole rings is 1. The number of aromatic amines is 1. The van der Waals surface area contributed by atoms with Gasteiger partial charge in [-0.2, -0.15) is 0 Å². The van der Waals surface area contributed by atoms with Gasteiger partial charge < -0.3 is 9.55 Å². The highest BCUT2D eigenvalue weighted by Crippen LogP contribution is 2.19. The molecular weight excluding hydrogens is 264 g/mol. The van der Waals surface area contributed by atoms with Gasteiger partial charge in [-0.3, -0.25) is 0 Å². The maximum atomic E-state index is 5.48. The molecular formula is C17H18N2S. The molecule has 0 aliphatic carbocycles. The van der Waals surface area contributed by atoms with Crippen molar-refractivity contribution in [1.29, 1.82) is 0 Å². The van der Waals surface area contributed by atoms with E-state index in [-0.39, 0.29) is 0 Å². The summed E-state index contributed by atoms with van der Waals surface area (Å²) >= 11 is 5.48. The van der Waals surface area contributed by atoms with Crippen LogP contribution >= 0.6 is 12.2 Å². The summed E-state index contributed by atoms with van der Waals surface area (Å²) < 4.78 is 2.98. The summed E-state index contributed by atoms with van der Waals surface area (Å²) in [6.45, 7) is 5.13. The number of nitrogens with one attached hydrogen (secondary N) is 1. The summed E-state index contributed by atoms with van der Waals surface area (Å²) in [5, 5.41) is 0. The van der Waals surface area contributed by atoms with Crippen molar-refractivity contribution in [1.82, 2.24) is 9.55 Å². The minimum atomic E-state index is 0.788. The van der Waals surface area contributed by atoms with Crippen LogP contribution in [0.15, 0.2) is 42.5 Å². The first-order valence-electron chi connectivity index (χ1n) is 6.95. The minimum Gasteiger partial charge on any atom is -0.331 e. The second-order valence-electron chi connectivity index (χ2n) is 5.16. The Morgan fingerprint density at radius 1 is 1.10 bits per heavy atom. The van der Waals surface area contributed by atoms with Crippen LogP contribution < -0.4 is 0 Å². The van der Waals surface area contributed by atoms with Gasteiger partial charge in [0.25, 0.3) is 0 Å². The third-order valence-electron chi connectivity index (χ3n) is 3.76. The molecule has 0 aliphatic rings. The number of nitrogens with zero attached hydrogens (tertiary/aromatic N) is 1. The molecule has 0 unspecified atom stereocenters. The quantitative estimate of drug-likeness (QED) is 0.695. The number of benzene rings is 2. The Morgan fingerprint density at radius 3 is 2.60 bits per heavy atom. The first-order chi connectivity index (χ1) is 9.69. The Kier molecular flexibility index (Phi) is 3.45. The molecule has 0 aliphatic heterocycles. The number of H-pyrrole nitrogens is 1. The van der Waals surface area contributed by atoms with Crippen LogP contribution in [0, 0.1) is 11.7 Å². The Bertz CT molecular complexity index is 811. The number of hydrogen-bond donors (Lipinski definition) is 1. The van der Waals surface area contributed by atoms with Gasteiger partial charge >= 0.3 is 0 Å². The lowest BCUT2D eigenvalue weighted by molar-refractivity contribution is 0.799. The van der Waals surface area contributed by atoms with Gasteiger partial charge in [-0.1, -0.05) is 37.3 Å². The highest BCUT2D eigenvalue weighted by Gasteiger charge is 2.07. The first-order valence-corrected chi connectivity index (χ1v) is 7.36. The van der Waals surface area contributed by atoms with Gasteiger partial charge in [0.15, 0.2) is 4.77 Å². The molecule has 20 heavy (non-hydrogen) atoms. The third kappa shape index (κ3) is 2.29. The van der Waals surface area contributed by atoms with Crippen molar-refractivity contribution in [2.45, 2.75) is 26.8 Å². The Labute approximate surface area is 124 Å². The van der Waals surface area contributed by atoms with Crippen molar-refractivity contribution in [3.8, 4) is 0 Å². The molecule has 0 fully saturated rings. The molecule has 0 amide bonds. The highest BCUT2D eigenvalue weighted by atomic mass is 32.1. The van der Waals surface area contributed by atoms with Crippen LogP contribution in [0.25, 0.3) is 11.0 Å². The molecule has 0 radical (unpaired) electrons. The van der Waals surface area contributed by atoms with Crippen LogP contribution in [-0.2, 0) is 13.0 Å². The van der Waals surface area contributed by atoms with Crippen molar-refractivity contribution in [3.05, 3.63) is 63.9 Å². The molecule has 0 saturated heterocycles. The van der Waals surface area contributed by atoms with Gasteiger partial charge in [-0.15, -0.1) is 0 Å². The van der Waals surface area contributed by atoms with Crippen LogP contribution in [0.1, 0.15) is 23.6 Å². The van der Waals surface area contributed by atoms with E-state index < -0.39 is 0 Å². The number of fused-ring (bicyclic) bond motifs is 1. The Balaban J connectivity index is 2.13. The van der Waals surface area contributed by atoms with E-state index >= 15 is 0 Å². The third-order valence-corrected chi connectivity index (χ3v) is 4.08. The lowest BCUT2D eigenvalue weighted by Crippen LogP contribution is -2.02. The fraction of sp³-hybridized carbons (Fsp3) is 0.235. The zero-order chi connectivity index (χ0) is 14.1. The second kappa shape index (κ2) is 5.25. The van der Waals surface area contributed by atoms with Crippen LogP contribution in [0.4, 0.5) is 0 Å². The molecule has 1 N–H and O–H groups in total. The van der Waals surface area contributed by atoms with Crippen LogP contribution in [0.2, 0.25) is 0 Å². The summed E-state index contributed by atoms with van der Waals surface area (Å²) in [6, 6.07) is 15.0. The van der Waals surface area contributed by atoms with Gasteiger partial charge in [0.2, 0.25) is 0 Å². The molecule has 3 heteroatoms. The monoisotopic (exact) mass is 282 g/mol. The number of hydrogen-bond acceptors (Lipinski definition) is 1. The van der Waals surface area contributed by atoms with Crippen LogP contribution in [0.3, 0.4) is 0 Å². The summed E-state index contributed by atoms with van der Waals surface area (Å²) in [5.41, 5.74) is 6.27. The largest absolute Gasteiger partial charge is 0.331 e. The van der Waals surface area contributed by atoms with Gasteiger partial charge in [0.1, 0.15) is 0 Å². The lowest BCUT2D eigenvalue weighted by atomic mass is 10.1. The van der Waals surface area contributed by atoms with Crippen LogP contribution in [-0.4, -0.2) is 9.55 Å². The van der Waals surface area contributed by atoms with E-state index in [2.05, 4.69) is 65.9 Å². The van der Waals surface area contributed by atoms with E-state index in [1.807, 2.05) is 0 Å². The molecule has 0 saturated carbocycles. The molecule has 0 atom stereocenters. The van der Waals surface area contributed by atoms with Crippen molar-refractivity contribution in [2.75, 3.05) is 0 Å². The zero-order valence-corrected chi connectivity index (χ0v) is 12.6. The predicted molar refractivity (Wildman–Crippen MR) is 86.8 cm³/mol. The average molecular weight is 282 g/mol. The molecule has 2 aromatic carbocycles. The molecule has 1 heterocycles. The Morgan fingerprint density at radius 2 is 1.85 bits per heavy atom. The fourth-order valence-electron chi connectivity index (χ4n) is 2.65. The topological polar surface area (TPSA) is 20.7 Å². The number of rotatable bonds is 3. The molecule has 102 valence electrons. The van der Waals surface area contributed by atoms with Gasteiger partial charge in [0, 0.05) is 0 Å². The average Bonchev–Trinajstić information content (AvgIpc) is 2.76. The van der Waals surface area contributed by atoms with Crippen molar-refractivity contribution < 1.29 is 0 Å². The van der Waals surface area contributed by atoms with Gasteiger partial charge in [0.05, 0.1) is 17.6 Å². The van der Waals surface area contributed by atoms with Crippen LogP contribution in [0.5, 0.6) is 0 Å². The summed E-state index contributed by atoms with van der Waals surface area (Å²) in [5.74, 6) is 0. The van der Waals surface area contributed by atoms with Gasteiger partial charge in [-0.05, 0) is 54.4 Å². The van der Waals surface area contributed by atoms with E-state index in [4.69, 9.17) is 12.2 Å².